The second kappa shape index (κ2) is 5.85. The van der Waals surface area contributed by atoms with Crippen LogP contribution in [0.15, 0.2) is 12.1 Å². The quantitative estimate of drug-likeness (QED) is 0.654. The Balaban J connectivity index is 3.11. The number of hydrogen-bond donors (Lipinski definition) is 2. The van der Waals surface area contributed by atoms with Crippen LogP contribution in [0, 0.1) is 10.1 Å². The summed E-state index contributed by atoms with van der Waals surface area (Å²) < 4.78 is 0. The van der Waals surface area contributed by atoms with Crippen LogP contribution in [0.25, 0.3) is 0 Å². The van der Waals surface area contributed by atoms with E-state index >= 15 is 0 Å². The highest BCUT2D eigenvalue weighted by atomic mass is 35.5. The van der Waals surface area contributed by atoms with Gasteiger partial charge in [0.15, 0.2) is 0 Å². The van der Waals surface area contributed by atoms with Crippen LogP contribution in [0.2, 0.25) is 10.0 Å². The molecule has 1 aromatic rings. The van der Waals surface area contributed by atoms with Crippen molar-refractivity contribution in [3.8, 4) is 0 Å². The molecular formula is C10H8Cl2N2O5. The first-order valence-electron chi connectivity index (χ1n) is 4.91. The molecule has 0 saturated heterocycles. The van der Waals surface area contributed by atoms with Crippen LogP contribution in [0.4, 0.5) is 5.69 Å². The summed E-state index contributed by atoms with van der Waals surface area (Å²) in [4.78, 5) is 32.2. The number of rotatable bonds is 4. The molecule has 0 heterocycles. The number of benzene rings is 1. The Kier molecular flexibility index (Phi) is 4.68. The number of nitrogens with zero attached hydrogens (tertiary/aromatic N) is 1. The summed E-state index contributed by atoms with van der Waals surface area (Å²) >= 11 is 11.3. The van der Waals surface area contributed by atoms with E-state index in [0.717, 1.165) is 12.1 Å². The maximum absolute atomic E-state index is 11.7. The van der Waals surface area contributed by atoms with Gasteiger partial charge in [0.2, 0.25) is 0 Å². The van der Waals surface area contributed by atoms with Crippen molar-refractivity contribution in [1.29, 1.82) is 0 Å². The number of nitrogens with one attached hydrogen (secondary N) is 1. The molecule has 0 bridgehead atoms. The molecule has 102 valence electrons. The van der Waals surface area contributed by atoms with Crippen LogP contribution in [0.1, 0.15) is 17.3 Å². The molecule has 1 unspecified atom stereocenters. The second-order valence-corrected chi connectivity index (χ2v) is 4.37. The lowest BCUT2D eigenvalue weighted by Crippen LogP contribution is -2.38. The fourth-order valence-corrected chi connectivity index (χ4v) is 1.57. The Morgan fingerprint density at radius 1 is 1.42 bits per heavy atom. The van der Waals surface area contributed by atoms with Gasteiger partial charge in [0.05, 0.1) is 9.95 Å². The van der Waals surface area contributed by atoms with Gasteiger partial charge in [0.25, 0.3) is 11.6 Å². The smallest absolute Gasteiger partial charge is 0.325 e. The fraction of sp³-hybridized carbons (Fsp3) is 0.200. The Morgan fingerprint density at radius 2 is 2.00 bits per heavy atom. The lowest BCUT2D eigenvalue weighted by atomic mass is 10.1. The van der Waals surface area contributed by atoms with Crippen LogP contribution >= 0.6 is 23.2 Å². The molecule has 7 nitrogen and oxygen atoms in total. The molecule has 0 aliphatic rings. The van der Waals surface area contributed by atoms with Gasteiger partial charge < -0.3 is 10.4 Å². The van der Waals surface area contributed by atoms with Gasteiger partial charge in [0.1, 0.15) is 11.1 Å². The zero-order chi connectivity index (χ0) is 14.7. The molecule has 0 radical (unpaired) electrons. The van der Waals surface area contributed by atoms with Crippen molar-refractivity contribution in [2.45, 2.75) is 13.0 Å². The van der Waals surface area contributed by atoms with Crippen LogP contribution in [-0.4, -0.2) is 27.9 Å². The van der Waals surface area contributed by atoms with Gasteiger partial charge in [-0.15, -0.1) is 0 Å². The molecule has 9 heteroatoms. The third-order valence-corrected chi connectivity index (χ3v) is 2.98. The summed E-state index contributed by atoms with van der Waals surface area (Å²) in [6, 6.07) is 0.917. The lowest BCUT2D eigenvalue weighted by Gasteiger charge is -2.09. The van der Waals surface area contributed by atoms with Crippen LogP contribution in [0.5, 0.6) is 0 Å². The number of aliphatic carboxylic acids is 1. The molecule has 0 aliphatic heterocycles. The van der Waals surface area contributed by atoms with Gasteiger partial charge >= 0.3 is 5.97 Å². The number of halogens is 2. The van der Waals surface area contributed by atoms with Crippen molar-refractivity contribution < 1.29 is 19.6 Å². The molecule has 1 amide bonds. The monoisotopic (exact) mass is 306 g/mol. The maximum atomic E-state index is 11.7. The SMILES string of the molecule is CC(NC(=O)c1cc(Cl)c(Cl)c([N+](=O)[O-])c1)C(=O)O. The zero-order valence-electron chi connectivity index (χ0n) is 9.52. The normalized spacial score (nSPS) is 11.7. The molecule has 1 atom stereocenters. The molecule has 0 aliphatic carbocycles. The molecular weight excluding hydrogens is 299 g/mol. The number of hydrogen-bond acceptors (Lipinski definition) is 4. The number of nitro groups is 1. The van der Waals surface area contributed by atoms with Crippen molar-refractivity contribution in [3.63, 3.8) is 0 Å². The summed E-state index contributed by atoms with van der Waals surface area (Å²) in [5.41, 5.74) is -0.670. The van der Waals surface area contributed by atoms with Crippen molar-refractivity contribution in [1.82, 2.24) is 5.32 Å². The van der Waals surface area contributed by atoms with Gasteiger partial charge in [-0.3, -0.25) is 19.7 Å². The Hall–Kier alpha value is -1.86. The summed E-state index contributed by atoms with van der Waals surface area (Å²) in [6.45, 7) is 1.26. The first-order chi connectivity index (χ1) is 8.73. The molecule has 1 rings (SSSR count). The van der Waals surface area contributed by atoms with Crippen molar-refractivity contribution in [3.05, 3.63) is 37.9 Å². The molecule has 0 spiro atoms. The zero-order valence-corrected chi connectivity index (χ0v) is 11.0. The van der Waals surface area contributed by atoms with Gasteiger partial charge in [-0.25, -0.2) is 0 Å². The summed E-state index contributed by atoms with van der Waals surface area (Å²) in [6.07, 6.45) is 0. The summed E-state index contributed by atoms with van der Waals surface area (Å²) in [5, 5.41) is 21.1. The molecule has 1 aromatic carbocycles. The van der Waals surface area contributed by atoms with Gasteiger partial charge in [-0.2, -0.15) is 0 Å². The maximum Gasteiger partial charge on any atom is 0.325 e. The second-order valence-electron chi connectivity index (χ2n) is 3.58. The van der Waals surface area contributed by atoms with E-state index < -0.39 is 28.5 Å². The van der Waals surface area contributed by atoms with E-state index in [0.29, 0.717) is 0 Å². The molecule has 0 fully saturated rings. The number of carboxylic acids is 1. The number of carbonyl (C=O) groups is 2. The average Bonchev–Trinajstić information content (AvgIpc) is 2.31. The summed E-state index contributed by atoms with van der Waals surface area (Å²) in [5.74, 6) is -2.03. The fourth-order valence-electron chi connectivity index (χ4n) is 1.18. The molecule has 0 aromatic heterocycles. The van der Waals surface area contributed by atoms with Gasteiger partial charge in [-0.05, 0) is 13.0 Å². The van der Waals surface area contributed by atoms with Gasteiger partial charge in [-0.1, -0.05) is 23.2 Å². The predicted octanol–water partition coefficient (Wildman–Crippen LogP) is 2.10. The number of nitro benzene ring substituents is 1. The predicted molar refractivity (Wildman–Crippen MR) is 67.7 cm³/mol. The average molecular weight is 307 g/mol. The third-order valence-electron chi connectivity index (χ3n) is 2.19. The van der Waals surface area contributed by atoms with E-state index in [4.69, 9.17) is 28.3 Å². The topological polar surface area (TPSA) is 110 Å². The minimum atomic E-state index is -1.23. The minimum absolute atomic E-state index is 0.144. The first-order valence-corrected chi connectivity index (χ1v) is 5.66. The Labute approximate surface area is 117 Å². The first kappa shape index (κ1) is 15.2. The molecule has 19 heavy (non-hydrogen) atoms. The number of carboxylic acid groups (broad SMARTS) is 1. The van der Waals surface area contributed by atoms with Crippen molar-refractivity contribution in [2.75, 3.05) is 0 Å². The van der Waals surface area contributed by atoms with E-state index in [1.807, 2.05) is 0 Å². The van der Waals surface area contributed by atoms with E-state index in [-0.39, 0.29) is 15.6 Å². The van der Waals surface area contributed by atoms with E-state index in [1.165, 1.54) is 6.92 Å². The summed E-state index contributed by atoms with van der Waals surface area (Å²) in [7, 11) is 0. The van der Waals surface area contributed by atoms with Crippen LogP contribution < -0.4 is 5.32 Å². The largest absolute Gasteiger partial charge is 0.480 e. The Bertz CT molecular complexity index is 561. The lowest BCUT2D eigenvalue weighted by molar-refractivity contribution is -0.384. The van der Waals surface area contributed by atoms with E-state index in [2.05, 4.69) is 5.32 Å². The Morgan fingerprint density at radius 3 is 2.47 bits per heavy atom. The van der Waals surface area contributed by atoms with Crippen LogP contribution in [-0.2, 0) is 4.79 Å². The number of amides is 1. The van der Waals surface area contributed by atoms with E-state index in [1.54, 1.807) is 0 Å². The highest BCUT2D eigenvalue weighted by Gasteiger charge is 2.22. The van der Waals surface area contributed by atoms with Crippen LogP contribution in [0.3, 0.4) is 0 Å². The standard InChI is InChI=1S/C10H8Cl2N2O5/c1-4(10(16)17)13-9(15)5-2-6(11)8(12)7(3-5)14(18)19/h2-4H,1H3,(H,13,15)(H,16,17). The van der Waals surface area contributed by atoms with Crippen molar-refractivity contribution in [2.24, 2.45) is 0 Å². The van der Waals surface area contributed by atoms with Gasteiger partial charge in [0, 0.05) is 11.6 Å². The van der Waals surface area contributed by atoms with E-state index in [9.17, 15) is 19.7 Å². The minimum Gasteiger partial charge on any atom is -0.480 e. The highest BCUT2D eigenvalue weighted by molar-refractivity contribution is 6.43. The number of carbonyl (C=O) groups excluding carboxylic acids is 1. The van der Waals surface area contributed by atoms with Crippen molar-refractivity contribution >= 4 is 40.8 Å². The molecule has 2 N–H and O–H groups in total. The highest BCUT2D eigenvalue weighted by Crippen LogP contribution is 2.33. The molecule has 0 saturated carbocycles. The third kappa shape index (κ3) is 3.55.